The molecule has 0 spiro atoms. The largest absolute Gasteiger partial charge is 0.444 e. The van der Waals surface area contributed by atoms with E-state index in [4.69, 9.17) is 4.74 Å². The molecule has 1 fully saturated rings. The lowest BCUT2D eigenvalue weighted by molar-refractivity contribution is 0.0219. The maximum atomic E-state index is 14.0. The number of hydrogen-bond donors (Lipinski definition) is 2. The minimum absolute atomic E-state index is 0.362. The Balaban J connectivity index is 1.65. The average molecular weight is 381 g/mol. The Hall–Kier alpha value is -2.32. The molecule has 8 nitrogen and oxygen atoms in total. The van der Waals surface area contributed by atoms with Crippen LogP contribution in [0.4, 0.5) is 19.8 Å². The number of rotatable bonds is 3. The highest BCUT2D eigenvalue weighted by Crippen LogP contribution is 2.42. The number of aryl methyl sites for hydroxylation is 1. The minimum atomic E-state index is -1.28. The van der Waals surface area contributed by atoms with Crippen molar-refractivity contribution in [3.05, 3.63) is 11.3 Å². The van der Waals surface area contributed by atoms with Gasteiger partial charge in [-0.25, -0.2) is 14.0 Å². The number of amides is 3. The Bertz CT molecular complexity index is 751. The number of nitrogens with one attached hydrogen (secondary N) is 2. The van der Waals surface area contributed by atoms with Gasteiger partial charge in [-0.05, 0) is 47.0 Å². The zero-order valence-electron chi connectivity index (χ0n) is 16.6. The maximum absolute atomic E-state index is 14.0. The first-order valence-electron chi connectivity index (χ1n) is 9.27. The van der Waals surface area contributed by atoms with Crippen LogP contribution in [0.2, 0.25) is 0 Å². The van der Waals surface area contributed by atoms with Crippen molar-refractivity contribution in [3.8, 4) is 0 Å². The molecule has 1 unspecified atom stereocenters. The molecule has 27 heavy (non-hydrogen) atoms. The molecule has 0 aromatic carbocycles. The van der Waals surface area contributed by atoms with E-state index in [2.05, 4.69) is 15.7 Å². The molecule has 1 aliphatic carbocycles. The first-order chi connectivity index (χ1) is 12.5. The van der Waals surface area contributed by atoms with Crippen molar-refractivity contribution in [2.24, 2.45) is 7.05 Å². The van der Waals surface area contributed by atoms with Crippen LogP contribution in [0.5, 0.6) is 0 Å². The van der Waals surface area contributed by atoms with Gasteiger partial charge in [0.25, 0.3) is 0 Å². The zero-order chi connectivity index (χ0) is 20.0. The molecule has 2 heterocycles. The summed E-state index contributed by atoms with van der Waals surface area (Å²) in [6.07, 6.45) is 1.15. The van der Waals surface area contributed by atoms with E-state index in [0.29, 0.717) is 38.2 Å². The van der Waals surface area contributed by atoms with Crippen molar-refractivity contribution >= 4 is 17.9 Å². The minimum Gasteiger partial charge on any atom is -0.444 e. The van der Waals surface area contributed by atoms with Crippen LogP contribution >= 0.6 is 0 Å². The molecule has 1 aromatic heterocycles. The molecule has 0 saturated heterocycles. The fourth-order valence-corrected chi connectivity index (χ4v) is 3.17. The van der Waals surface area contributed by atoms with Crippen LogP contribution in [-0.2, 0) is 24.8 Å². The van der Waals surface area contributed by atoms with Gasteiger partial charge in [-0.15, -0.1) is 0 Å². The number of anilines is 1. The molecule has 2 N–H and O–H groups in total. The summed E-state index contributed by atoms with van der Waals surface area (Å²) in [4.78, 5) is 26.1. The van der Waals surface area contributed by atoms with Crippen molar-refractivity contribution in [3.63, 3.8) is 0 Å². The summed E-state index contributed by atoms with van der Waals surface area (Å²) in [5.41, 5.74) is -0.101. The Morgan fingerprint density at radius 2 is 2.00 bits per heavy atom. The highest BCUT2D eigenvalue weighted by Gasteiger charge is 2.48. The van der Waals surface area contributed by atoms with Gasteiger partial charge in [0.15, 0.2) is 5.82 Å². The summed E-state index contributed by atoms with van der Waals surface area (Å²) in [7, 11) is 1.77. The van der Waals surface area contributed by atoms with Gasteiger partial charge in [-0.1, -0.05) is 0 Å². The predicted octanol–water partition coefficient (Wildman–Crippen LogP) is 2.73. The van der Waals surface area contributed by atoms with Crippen LogP contribution in [0.15, 0.2) is 0 Å². The Labute approximate surface area is 158 Å². The summed E-state index contributed by atoms with van der Waals surface area (Å²) >= 11 is 0. The molecule has 1 aliphatic heterocycles. The monoisotopic (exact) mass is 381 g/mol. The molecule has 3 amide bonds. The number of carbonyl (C=O) groups excluding carboxylic acids is 2. The second-order valence-electron chi connectivity index (χ2n) is 8.40. The van der Waals surface area contributed by atoms with Crippen molar-refractivity contribution in [1.82, 2.24) is 20.0 Å². The summed E-state index contributed by atoms with van der Waals surface area (Å²) in [6, 6.07) is -1.01. The molecular weight excluding hydrogens is 353 g/mol. The van der Waals surface area contributed by atoms with Crippen molar-refractivity contribution in [2.45, 2.75) is 70.8 Å². The van der Waals surface area contributed by atoms with E-state index in [0.717, 1.165) is 11.3 Å². The zero-order valence-corrected chi connectivity index (χ0v) is 16.6. The lowest BCUT2D eigenvalue weighted by Gasteiger charge is -2.30. The van der Waals surface area contributed by atoms with Crippen LogP contribution in [0, 0.1) is 0 Å². The second kappa shape index (κ2) is 6.69. The van der Waals surface area contributed by atoms with E-state index >= 15 is 0 Å². The Morgan fingerprint density at radius 3 is 2.59 bits per heavy atom. The van der Waals surface area contributed by atoms with Gasteiger partial charge in [0.2, 0.25) is 0 Å². The number of halogens is 1. The van der Waals surface area contributed by atoms with Crippen LogP contribution in [0.25, 0.3) is 0 Å². The van der Waals surface area contributed by atoms with Gasteiger partial charge in [0, 0.05) is 19.2 Å². The van der Waals surface area contributed by atoms with Crippen molar-refractivity contribution in [2.75, 3.05) is 11.9 Å². The topological polar surface area (TPSA) is 88.5 Å². The van der Waals surface area contributed by atoms with Gasteiger partial charge >= 0.3 is 12.1 Å². The fourth-order valence-electron chi connectivity index (χ4n) is 3.17. The molecule has 0 radical (unpaired) electrons. The quantitative estimate of drug-likeness (QED) is 0.843. The third-order valence-electron chi connectivity index (χ3n) is 4.98. The van der Waals surface area contributed by atoms with Crippen LogP contribution < -0.4 is 10.6 Å². The average Bonchev–Trinajstić information content (AvgIpc) is 3.23. The number of carbonyl (C=O) groups is 2. The van der Waals surface area contributed by atoms with Crippen LogP contribution in [-0.4, -0.2) is 50.7 Å². The summed E-state index contributed by atoms with van der Waals surface area (Å²) in [5.74, 6) is 0.449. The van der Waals surface area contributed by atoms with Crippen LogP contribution in [0.1, 0.15) is 51.8 Å². The Morgan fingerprint density at radius 1 is 1.33 bits per heavy atom. The van der Waals surface area contributed by atoms with E-state index in [-0.39, 0.29) is 6.09 Å². The second-order valence-corrected chi connectivity index (χ2v) is 8.40. The number of hydrogen-bond acceptors (Lipinski definition) is 4. The number of ether oxygens (including phenoxy) is 1. The maximum Gasteiger partial charge on any atom is 0.410 e. The standard InChI is InChI=1S/C18H28FN5O3/c1-11(18(19)7-8-18)20-15(25)21-14-12-6-9-24(10-13(12)23(5)22-14)16(26)27-17(2,3)4/h11H,6-10H2,1-5H3,(H2,20,21,22,25). The van der Waals surface area contributed by atoms with Crippen molar-refractivity contribution < 1.29 is 18.7 Å². The van der Waals surface area contributed by atoms with E-state index in [1.165, 1.54) is 0 Å². The number of nitrogens with zero attached hydrogens (tertiary/aromatic N) is 3. The molecule has 1 atom stereocenters. The lowest BCUT2D eigenvalue weighted by atomic mass is 10.1. The first kappa shape index (κ1) is 19.4. The summed E-state index contributed by atoms with van der Waals surface area (Å²) in [6.45, 7) is 7.99. The van der Waals surface area contributed by atoms with E-state index < -0.39 is 23.3 Å². The molecule has 9 heteroatoms. The third-order valence-corrected chi connectivity index (χ3v) is 4.98. The number of fused-ring (bicyclic) bond motifs is 1. The summed E-state index contributed by atoms with van der Waals surface area (Å²) in [5, 5.41) is 9.72. The number of aromatic nitrogens is 2. The van der Waals surface area contributed by atoms with Gasteiger partial charge in [-0.2, -0.15) is 5.10 Å². The van der Waals surface area contributed by atoms with Gasteiger partial charge in [0.1, 0.15) is 11.3 Å². The normalized spacial score (nSPS) is 19.1. The SMILES string of the molecule is CC(NC(=O)Nc1nn(C)c2c1CCN(C(=O)OC(C)(C)C)C2)C1(F)CC1. The summed E-state index contributed by atoms with van der Waals surface area (Å²) < 4.78 is 21.1. The molecule has 150 valence electrons. The smallest absolute Gasteiger partial charge is 0.410 e. The Kier molecular flexibility index (Phi) is 4.81. The molecule has 1 aromatic rings. The highest BCUT2D eigenvalue weighted by molar-refractivity contribution is 5.89. The molecule has 3 rings (SSSR count). The molecule has 2 aliphatic rings. The van der Waals surface area contributed by atoms with Gasteiger partial charge in [-0.3, -0.25) is 10.00 Å². The molecular formula is C18H28FN5O3. The number of urea groups is 1. The third kappa shape index (κ3) is 4.33. The highest BCUT2D eigenvalue weighted by atomic mass is 19.1. The first-order valence-corrected chi connectivity index (χ1v) is 9.27. The lowest BCUT2D eigenvalue weighted by Crippen LogP contribution is -2.43. The molecule has 1 saturated carbocycles. The predicted molar refractivity (Wildman–Crippen MR) is 98.2 cm³/mol. The van der Waals surface area contributed by atoms with Crippen LogP contribution in [0.3, 0.4) is 0 Å². The van der Waals surface area contributed by atoms with Crippen molar-refractivity contribution in [1.29, 1.82) is 0 Å². The van der Waals surface area contributed by atoms with E-state index in [1.807, 2.05) is 20.8 Å². The van der Waals surface area contributed by atoms with Gasteiger partial charge in [0.05, 0.1) is 18.3 Å². The molecule has 0 bridgehead atoms. The fraction of sp³-hybridized carbons (Fsp3) is 0.722. The van der Waals surface area contributed by atoms with E-state index in [1.54, 1.807) is 23.6 Å². The van der Waals surface area contributed by atoms with Gasteiger partial charge < -0.3 is 15.0 Å². The van der Waals surface area contributed by atoms with E-state index in [9.17, 15) is 14.0 Å². The number of alkyl halides is 1.